The first-order valence-electron chi connectivity index (χ1n) is 6.45. The van der Waals surface area contributed by atoms with E-state index in [2.05, 4.69) is 4.98 Å². The van der Waals surface area contributed by atoms with Crippen molar-refractivity contribution in [2.45, 2.75) is 38.3 Å². The first kappa shape index (κ1) is 13.5. The Bertz CT molecular complexity index is 457. The van der Waals surface area contributed by atoms with Gasteiger partial charge in [0, 0.05) is 24.0 Å². The highest BCUT2D eigenvalue weighted by molar-refractivity contribution is 5.96. The molecule has 1 atom stereocenters. The summed E-state index contributed by atoms with van der Waals surface area (Å²) in [6.07, 6.45) is 6.14. The van der Waals surface area contributed by atoms with E-state index in [0.717, 1.165) is 19.3 Å². The third-order valence-electron chi connectivity index (χ3n) is 3.59. The lowest BCUT2D eigenvalue weighted by Gasteiger charge is -2.40. The molecular formula is C14H18N2O3. The molecule has 1 saturated carbocycles. The van der Waals surface area contributed by atoms with Gasteiger partial charge in [-0.3, -0.25) is 9.78 Å². The van der Waals surface area contributed by atoms with E-state index in [1.54, 1.807) is 36.4 Å². The Hall–Kier alpha value is -1.91. The fraction of sp³-hybridized carbons (Fsp3) is 0.500. The normalized spacial score (nSPS) is 16.3. The van der Waals surface area contributed by atoms with Crippen molar-refractivity contribution in [2.24, 2.45) is 0 Å². The summed E-state index contributed by atoms with van der Waals surface area (Å²) < 4.78 is 4.75. The summed E-state index contributed by atoms with van der Waals surface area (Å²) in [6.45, 7) is 1.71. The van der Waals surface area contributed by atoms with E-state index < -0.39 is 6.04 Å². The number of ether oxygens (including phenoxy) is 1. The van der Waals surface area contributed by atoms with Gasteiger partial charge in [-0.15, -0.1) is 0 Å². The molecule has 1 aromatic heterocycles. The van der Waals surface area contributed by atoms with Gasteiger partial charge in [-0.25, -0.2) is 4.79 Å². The molecule has 0 N–H and O–H groups in total. The highest BCUT2D eigenvalue weighted by atomic mass is 16.5. The van der Waals surface area contributed by atoms with Crippen molar-refractivity contribution in [2.75, 3.05) is 7.11 Å². The fourth-order valence-corrected chi connectivity index (χ4v) is 2.25. The van der Waals surface area contributed by atoms with Gasteiger partial charge in [0.25, 0.3) is 5.91 Å². The highest BCUT2D eigenvalue weighted by Gasteiger charge is 2.36. The summed E-state index contributed by atoms with van der Waals surface area (Å²) in [5.41, 5.74) is 0.553. The second kappa shape index (κ2) is 5.82. The molecule has 0 aliphatic heterocycles. The predicted molar refractivity (Wildman–Crippen MR) is 69.5 cm³/mol. The number of methoxy groups -OCH3 is 1. The van der Waals surface area contributed by atoms with E-state index in [4.69, 9.17) is 4.74 Å². The molecule has 0 radical (unpaired) electrons. The quantitative estimate of drug-likeness (QED) is 0.774. The fourth-order valence-electron chi connectivity index (χ4n) is 2.25. The van der Waals surface area contributed by atoms with Crippen molar-refractivity contribution < 1.29 is 14.3 Å². The molecule has 1 aliphatic rings. The van der Waals surface area contributed by atoms with Crippen molar-refractivity contribution in [1.29, 1.82) is 0 Å². The third-order valence-corrected chi connectivity index (χ3v) is 3.59. The van der Waals surface area contributed by atoms with Crippen LogP contribution in [0.2, 0.25) is 0 Å². The maximum Gasteiger partial charge on any atom is 0.328 e. The summed E-state index contributed by atoms with van der Waals surface area (Å²) in [6, 6.07) is 2.90. The number of nitrogens with zero attached hydrogens (tertiary/aromatic N) is 2. The monoisotopic (exact) mass is 262 g/mol. The molecule has 102 valence electrons. The summed E-state index contributed by atoms with van der Waals surface area (Å²) in [5, 5.41) is 0. The van der Waals surface area contributed by atoms with Crippen LogP contribution >= 0.6 is 0 Å². The number of hydrogen-bond donors (Lipinski definition) is 0. The Kier molecular flexibility index (Phi) is 4.14. The Morgan fingerprint density at radius 2 is 2.00 bits per heavy atom. The van der Waals surface area contributed by atoms with E-state index in [1.807, 2.05) is 0 Å². The second-order valence-corrected chi connectivity index (χ2v) is 4.73. The van der Waals surface area contributed by atoms with E-state index in [9.17, 15) is 9.59 Å². The molecule has 0 unspecified atom stereocenters. The topological polar surface area (TPSA) is 59.5 Å². The van der Waals surface area contributed by atoms with Crippen LogP contribution in [0.4, 0.5) is 0 Å². The zero-order valence-electron chi connectivity index (χ0n) is 11.2. The standard InChI is InChI=1S/C14H18N2O3/c1-10(14(18)19-2)16(12-4-3-5-12)13(17)11-6-8-15-9-7-11/h6-10,12H,3-5H2,1-2H3/t10-/m1/s1. The van der Waals surface area contributed by atoms with Crippen LogP contribution in [0.25, 0.3) is 0 Å². The average Bonchev–Trinajstić information content (AvgIpc) is 2.41. The molecule has 0 spiro atoms. The van der Waals surface area contributed by atoms with Crippen molar-refractivity contribution in [3.05, 3.63) is 30.1 Å². The van der Waals surface area contributed by atoms with Gasteiger partial charge >= 0.3 is 5.97 Å². The van der Waals surface area contributed by atoms with Gasteiger partial charge in [-0.1, -0.05) is 0 Å². The lowest BCUT2D eigenvalue weighted by Crippen LogP contribution is -2.52. The van der Waals surface area contributed by atoms with Crippen molar-refractivity contribution >= 4 is 11.9 Å². The Labute approximate surface area is 112 Å². The van der Waals surface area contributed by atoms with E-state index in [1.165, 1.54) is 7.11 Å². The van der Waals surface area contributed by atoms with Gasteiger partial charge in [-0.05, 0) is 38.3 Å². The van der Waals surface area contributed by atoms with Crippen LogP contribution in [0.15, 0.2) is 24.5 Å². The molecule has 1 aliphatic carbocycles. The number of hydrogen-bond acceptors (Lipinski definition) is 4. The summed E-state index contributed by atoms with van der Waals surface area (Å²) >= 11 is 0. The van der Waals surface area contributed by atoms with Crippen LogP contribution in [0.1, 0.15) is 36.5 Å². The molecule has 5 nitrogen and oxygen atoms in total. The molecule has 0 bridgehead atoms. The summed E-state index contributed by atoms with van der Waals surface area (Å²) in [7, 11) is 1.34. The summed E-state index contributed by atoms with van der Waals surface area (Å²) in [4.78, 5) is 29.8. The SMILES string of the molecule is COC(=O)[C@@H](C)N(C(=O)c1ccncc1)C1CCC1. The smallest absolute Gasteiger partial charge is 0.328 e. The van der Waals surface area contributed by atoms with Gasteiger partial charge in [0.15, 0.2) is 0 Å². The van der Waals surface area contributed by atoms with Gasteiger partial charge in [0.2, 0.25) is 0 Å². The largest absolute Gasteiger partial charge is 0.467 e. The van der Waals surface area contributed by atoms with Gasteiger partial charge in [0.1, 0.15) is 6.04 Å². The van der Waals surface area contributed by atoms with Gasteiger partial charge < -0.3 is 9.64 Å². The molecule has 1 heterocycles. The number of pyridine rings is 1. The number of carbonyl (C=O) groups is 2. The minimum absolute atomic E-state index is 0.134. The molecule has 2 rings (SSSR count). The lowest BCUT2D eigenvalue weighted by molar-refractivity contribution is -0.146. The maximum absolute atomic E-state index is 12.5. The number of carbonyl (C=O) groups excluding carboxylic acids is 2. The first-order chi connectivity index (χ1) is 9.15. The number of esters is 1. The van der Waals surface area contributed by atoms with Crippen LogP contribution in [0.5, 0.6) is 0 Å². The molecular weight excluding hydrogens is 244 g/mol. The van der Waals surface area contributed by atoms with Crippen molar-refractivity contribution in [1.82, 2.24) is 9.88 Å². The minimum Gasteiger partial charge on any atom is -0.467 e. The zero-order valence-corrected chi connectivity index (χ0v) is 11.2. The third kappa shape index (κ3) is 2.75. The highest BCUT2D eigenvalue weighted by Crippen LogP contribution is 2.28. The van der Waals surface area contributed by atoms with E-state index >= 15 is 0 Å². The van der Waals surface area contributed by atoms with Crippen molar-refractivity contribution in [3.8, 4) is 0 Å². The van der Waals surface area contributed by atoms with Gasteiger partial charge in [-0.2, -0.15) is 0 Å². The summed E-state index contributed by atoms with van der Waals surface area (Å²) in [5.74, 6) is -0.515. The number of rotatable bonds is 4. The van der Waals surface area contributed by atoms with Crippen LogP contribution in [-0.2, 0) is 9.53 Å². The Morgan fingerprint density at radius 1 is 1.37 bits per heavy atom. The molecule has 1 fully saturated rings. The van der Waals surface area contributed by atoms with Crippen molar-refractivity contribution in [3.63, 3.8) is 0 Å². The van der Waals surface area contributed by atoms with Gasteiger partial charge in [0.05, 0.1) is 7.11 Å². The molecule has 19 heavy (non-hydrogen) atoms. The number of amides is 1. The minimum atomic E-state index is -0.559. The molecule has 0 saturated heterocycles. The average molecular weight is 262 g/mol. The lowest BCUT2D eigenvalue weighted by atomic mass is 9.90. The van der Waals surface area contributed by atoms with E-state index in [-0.39, 0.29) is 17.9 Å². The van der Waals surface area contributed by atoms with Crippen LogP contribution < -0.4 is 0 Å². The maximum atomic E-state index is 12.5. The predicted octanol–water partition coefficient (Wildman–Crippen LogP) is 1.64. The second-order valence-electron chi connectivity index (χ2n) is 4.73. The molecule has 1 aromatic rings. The Morgan fingerprint density at radius 3 is 2.47 bits per heavy atom. The van der Waals surface area contributed by atoms with E-state index in [0.29, 0.717) is 5.56 Å². The molecule has 0 aromatic carbocycles. The number of aromatic nitrogens is 1. The molecule has 5 heteroatoms. The Balaban J connectivity index is 2.22. The molecule has 1 amide bonds. The zero-order chi connectivity index (χ0) is 13.8. The van der Waals surface area contributed by atoms with Crippen LogP contribution in [0.3, 0.4) is 0 Å². The van der Waals surface area contributed by atoms with Crippen LogP contribution in [0, 0.1) is 0 Å². The first-order valence-corrected chi connectivity index (χ1v) is 6.45. The van der Waals surface area contributed by atoms with Crippen LogP contribution in [-0.4, -0.2) is 41.0 Å².